The third kappa shape index (κ3) is 5.41. The van der Waals surface area contributed by atoms with Crippen LogP contribution in [0.15, 0.2) is 53.0 Å². The molecule has 4 atom stereocenters. The molecule has 2 aromatic carbocycles. The number of carbonyl (C=O) groups is 5. The van der Waals surface area contributed by atoms with Crippen molar-refractivity contribution in [1.82, 2.24) is 4.90 Å². The van der Waals surface area contributed by atoms with Crippen LogP contribution in [0.5, 0.6) is 5.75 Å². The molecule has 4 rings (SSSR count). The number of benzene rings is 2. The number of fused-ring (bicyclic) bond motifs is 1. The summed E-state index contributed by atoms with van der Waals surface area (Å²) in [6.07, 6.45) is 2.16. The number of likely N-dealkylation sites (tertiary alicyclic amines) is 1. The number of nitrogens with zero attached hydrogens (tertiary/aromatic N) is 1. The summed E-state index contributed by atoms with van der Waals surface area (Å²) >= 11 is 3.30. The van der Waals surface area contributed by atoms with Crippen molar-refractivity contribution in [2.75, 3.05) is 6.61 Å². The molecule has 4 unspecified atom stereocenters. The van der Waals surface area contributed by atoms with Crippen molar-refractivity contribution in [3.05, 3.63) is 64.1 Å². The molecule has 2 aliphatic rings. The first-order valence-electron chi connectivity index (χ1n) is 11.8. The van der Waals surface area contributed by atoms with Crippen molar-refractivity contribution >= 4 is 45.5 Å². The zero-order valence-electron chi connectivity index (χ0n) is 19.9. The molecule has 2 fully saturated rings. The lowest BCUT2D eigenvalue weighted by Gasteiger charge is -2.25. The Hall–Kier alpha value is -3.33. The van der Waals surface area contributed by atoms with Crippen LogP contribution in [0.2, 0.25) is 0 Å². The van der Waals surface area contributed by atoms with Crippen LogP contribution in [-0.4, -0.2) is 47.1 Å². The highest BCUT2D eigenvalue weighted by molar-refractivity contribution is 9.10. The van der Waals surface area contributed by atoms with Gasteiger partial charge in [-0.3, -0.25) is 19.3 Å². The third-order valence-electron chi connectivity index (χ3n) is 6.76. The fraction of sp³-hybridized carbons (Fsp3) is 0.370. The maximum absolute atomic E-state index is 12.8. The average molecular weight is 556 g/mol. The molecule has 0 aromatic heterocycles. The molecule has 188 valence electrons. The second kappa shape index (κ2) is 10.7. The van der Waals surface area contributed by atoms with Gasteiger partial charge < -0.3 is 9.47 Å². The summed E-state index contributed by atoms with van der Waals surface area (Å²) in [5, 5.41) is 0. The quantitative estimate of drug-likeness (QED) is 0.218. The molecule has 1 aliphatic carbocycles. The van der Waals surface area contributed by atoms with Crippen LogP contribution in [0.3, 0.4) is 0 Å². The lowest BCUT2D eigenvalue weighted by molar-refractivity contribution is -0.157. The largest absolute Gasteiger partial charge is 0.456 e. The summed E-state index contributed by atoms with van der Waals surface area (Å²) in [4.78, 5) is 63.9. The molecular weight excluding hydrogens is 530 g/mol. The van der Waals surface area contributed by atoms with E-state index in [0.717, 1.165) is 15.8 Å². The SMILES string of the molecule is CC1CCC2C(=O)N(C(C)C(=O)OCC(=O)c3ccc(OC(=O)c4ccc(Br)cc4)cc3)C(=O)C2C1. The van der Waals surface area contributed by atoms with Gasteiger partial charge in [0.15, 0.2) is 12.4 Å². The smallest absolute Gasteiger partial charge is 0.343 e. The molecule has 8 nitrogen and oxygen atoms in total. The third-order valence-corrected chi connectivity index (χ3v) is 7.29. The van der Waals surface area contributed by atoms with Crippen LogP contribution in [-0.2, 0) is 19.1 Å². The number of carbonyl (C=O) groups excluding carboxylic acids is 5. The topological polar surface area (TPSA) is 107 Å². The summed E-state index contributed by atoms with van der Waals surface area (Å²) in [5.41, 5.74) is 0.635. The normalized spacial score (nSPS) is 22.1. The van der Waals surface area contributed by atoms with E-state index in [1.807, 2.05) is 0 Å². The zero-order chi connectivity index (χ0) is 26.0. The Morgan fingerprint density at radius 1 is 0.944 bits per heavy atom. The molecule has 1 heterocycles. The summed E-state index contributed by atoms with van der Waals surface area (Å²) in [7, 11) is 0. The van der Waals surface area contributed by atoms with E-state index in [4.69, 9.17) is 9.47 Å². The number of ketones is 1. The lowest BCUT2D eigenvalue weighted by Crippen LogP contribution is -2.44. The van der Waals surface area contributed by atoms with Crippen LogP contribution in [0.4, 0.5) is 0 Å². The van der Waals surface area contributed by atoms with Crippen molar-refractivity contribution < 1.29 is 33.4 Å². The minimum absolute atomic E-state index is 0.256. The van der Waals surface area contributed by atoms with E-state index in [2.05, 4.69) is 22.9 Å². The van der Waals surface area contributed by atoms with Crippen LogP contribution in [0.1, 0.15) is 53.8 Å². The van der Waals surface area contributed by atoms with Crippen molar-refractivity contribution in [1.29, 1.82) is 0 Å². The van der Waals surface area contributed by atoms with Gasteiger partial charge in [0, 0.05) is 10.0 Å². The number of hydrogen-bond donors (Lipinski definition) is 0. The molecule has 0 bridgehead atoms. The van der Waals surface area contributed by atoms with E-state index in [-0.39, 0.29) is 35.0 Å². The predicted octanol–water partition coefficient (Wildman–Crippen LogP) is 4.20. The lowest BCUT2D eigenvalue weighted by atomic mass is 9.76. The number of ether oxygens (including phenoxy) is 2. The van der Waals surface area contributed by atoms with Gasteiger partial charge in [-0.25, -0.2) is 9.59 Å². The van der Waals surface area contributed by atoms with Gasteiger partial charge in [-0.05, 0) is 80.6 Å². The van der Waals surface area contributed by atoms with E-state index < -0.39 is 30.4 Å². The number of hydrogen-bond acceptors (Lipinski definition) is 7. The number of Topliss-reactive ketones (excluding diaryl/α,β-unsaturated/α-hetero) is 1. The molecular formula is C27H26BrNO7. The molecule has 2 amide bonds. The summed E-state index contributed by atoms with van der Waals surface area (Å²) in [5.74, 6) is -2.62. The number of halogens is 1. The first kappa shape index (κ1) is 25.8. The van der Waals surface area contributed by atoms with Crippen molar-refractivity contribution in [3.63, 3.8) is 0 Å². The van der Waals surface area contributed by atoms with Crippen LogP contribution in [0, 0.1) is 17.8 Å². The summed E-state index contributed by atoms with van der Waals surface area (Å²) in [6.45, 7) is 2.96. The van der Waals surface area contributed by atoms with E-state index in [0.29, 0.717) is 24.3 Å². The number of rotatable bonds is 7. The fourth-order valence-electron chi connectivity index (χ4n) is 4.70. The van der Waals surface area contributed by atoms with Crippen LogP contribution in [0.25, 0.3) is 0 Å². The number of esters is 2. The van der Waals surface area contributed by atoms with Crippen LogP contribution < -0.4 is 4.74 Å². The Kier molecular flexibility index (Phi) is 7.68. The van der Waals surface area contributed by atoms with Gasteiger partial charge in [-0.15, -0.1) is 0 Å². The van der Waals surface area contributed by atoms with E-state index in [1.165, 1.54) is 31.2 Å². The molecule has 1 aliphatic heterocycles. The van der Waals surface area contributed by atoms with Gasteiger partial charge in [0.1, 0.15) is 11.8 Å². The Labute approximate surface area is 217 Å². The highest BCUT2D eigenvalue weighted by Crippen LogP contribution is 2.41. The molecule has 0 spiro atoms. The Morgan fingerprint density at radius 3 is 2.22 bits per heavy atom. The van der Waals surface area contributed by atoms with Gasteiger partial charge in [0.2, 0.25) is 11.8 Å². The van der Waals surface area contributed by atoms with Gasteiger partial charge in [-0.2, -0.15) is 0 Å². The number of imide groups is 1. The van der Waals surface area contributed by atoms with E-state index >= 15 is 0 Å². The predicted molar refractivity (Wildman–Crippen MR) is 132 cm³/mol. The molecule has 0 radical (unpaired) electrons. The molecule has 9 heteroatoms. The van der Waals surface area contributed by atoms with E-state index in [1.54, 1.807) is 24.3 Å². The molecule has 1 saturated heterocycles. The average Bonchev–Trinajstić information content (AvgIpc) is 3.11. The second-order valence-electron chi connectivity index (χ2n) is 9.31. The van der Waals surface area contributed by atoms with Gasteiger partial charge >= 0.3 is 11.9 Å². The van der Waals surface area contributed by atoms with Crippen molar-refractivity contribution in [3.8, 4) is 5.75 Å². The van der Waals surface area contributed by atoms with Gasteiger partial charge in [0.25, 0.3) is 0 Å². The van der Waals surface area contributed by atoms with Crippen LogP contribution >= 0.6 is 15.9 Å². The maximum atomic E-state index is 12.8. The standard InChI is InChI=1S/C27H26BrNO7/c1-15-3-12-21-22(13-15)25(32)29(24(21)31)16(2)26(33)35-14-23(30)17-6-10-20(11-7-17)36-27(34)18-4-8-19(28)9-5-18/h4-11,15-16,21-22H,3,12-14H2,1-2H3. The minimum atomic E-state index is -1.10. The van der Waals surface area contributed by atoms with Gasteiger partial charge in [-0.1, -0.05) is 22.9 Å². The Morgan fingerprint density at radius 2 is 1.56 bits per heavy atom. The van der Waals surface area contributed by atoms with E-state index in [9.17, 15) is 24.0 Å². The Balaban J connectivity index is 1.31. The molecule has 36 heavy (non-hydrogen) atoms. The highest BCUT2D eigenvalue weighted by Gasteiger charge is 2.52. The minimum Gasteiger partial charge on any atom is -0.456 e. The molecule has 2 aromatic rings. The van der Waals surface area contributed by atoms with Crippen molar-refractivity contribution in [2.45, 2.75) is 39.2 Å². The van der Waals surface area contributed by atoms with Gasteiger partial charge in [0.05, 0.1) is 17.4 Å². The maximum Gasteiger partial charge on any atom is 0.343 e. The Bertz CT molecular complexity index is 1190. The molecule has 0 N–H and O–H groups in total. The van der Waals surface area contributed by atoms with Crippen molar-refractivity contribution in [2.24, 2.45) is 17.8 Å². The summed E-state index contributed by atoms with van der Waals surface area (Å²) in [6, 6.07) is 11.5. The second-order valence-corrected chi connectivity index (χ2v) is 10.2. The first-order valence-corrected chi connectivity index (χ1v) is 12.6. The summed E-state index contributed by atoms with van der Waals surface area (Å²) < 4.78 is 11.3. The fourth-order valence-corrected chi connectivity index (χ4v) is 4.97. The zero-order valence-corrected chi connectivity index (χ0v) is 21.5. The number of amides is 2. The highest BCUT2D eigenvalue weighted by atomic mass is 79.9. The monoisotopic (exact) mass is 555 g/mol. The molecule has 1 saturated carbocycles. The first-order chi connectivity index (χ1) is 17.2.